The molecule has 1 aromatic carbocycles. The number of nitrogens with one attached hydrogen (secondary N) is 2. The summed E-state index contributed by atoms with van der Waals surface area (Å²) in [6, 6.07) is 10.8. The fraction of sp³-hybridized carbons (Fsp3) is 0.400. The summed E-state index contributed by atoms with van der Waals surface area (Å²) in [4.78, 5) is 26.5. The second kappa shape index (κ2) is 9.91. The van der Waals surface area contributed by atoms with Gasteiger partial charge >= 0.3 is 11.8 Å². The van der Waals surface area contributed by atoms with Gasteiger partial charge in [-0.3, -0.25) is 14.5 Å². The number of rotatable bonds is 7. The predicted octanol–water partition coefficient (Wildman–Crippen LogP) is 1.09. The van der Waals surface area contributed by atoms with Crippen molar-refractivity contribution in [1.82, 2.24) is 15.5 Å². The van der Waals surface area contributed by atoms with Crippen molar-refractivity contribution in [3.8, 4) is 5.75 Å². The third kappa shape index (κ3) is 5.34. The van der Waals surface area contributed by atoms with Crippen molar-refractivity contribution in [2.24, 2.45) is 0 Å². The molecule has 1 aliphatic heterocycles. The van der Waals surface area contributed by atoms with Crippen LogP contribution in [0.1, 0.15) is 17.4 Å². The van der Waals surface area contributed by atoms with Crippen LogP contribution >= 0.6 is 0 Å². The topological polar surface area (TPSA) is 93.0 Å². The molecule has 150 valence electrons. The van der Waals surface area contributed by atoms with Crippen LogP contribution in [0.15, 0.2) is 47.1 Å². The summed E-state index contributed by atoms with van der Waals surface area (Å²) in [5.74, 6) is 0.148. The Kier molecular flexibility index (Phi) is 7.05. The Balaban J connectivity index is 1.50. The minimum atomic E-state index is -0.670. The van der Waals surface area contributed by atoms with Gasteiger partial charge in [0.1, 0.15) is 11.5 Å². The van der Waals surface area contributed by atoms with Gasteiger partial charge in [-0.1, -0.05) is 12.1 Å². The first kappa shape index (κ1) is 19.9. The summed E-state index contributed by atoms with van der Waals surface area (Å²) < 4.78 is 16.0. The van der Waals surface area contributed by atoms with E-state index >= 15 is 0 Å². The molecule has 1 aromatic heterocycles. The quantitative estimate of drug-likeness (QED) is 0.691. The summed E-state index contributed by atoms with van der Waals surface area (Å²) in [5.41, 5.74) is 0.878. The molecule has 28 heavy (non-hydrogen) atoms. The van der Waals surface area contributed by atoms with Gasteiger partial charge in [0.05, 0.1) is 32.6 Å². The van der Waals surface area contributed by atoms with E-state index < -0.39 is 11.8 Å². The molecule has 2 heterocycles. The van der Waals surface area contributed by atoms with Crippen LogP contribution in [0.5, 0.6) is 5.75 Å². The lowest BCUT2D eigenvalue weighted by molar-refractivity contribution is -0.139. The van der Waals surface area contributed by atoms with Crippen molar-refractivity contribution in [3.05, 3.63) is 54.0 Å². The highest BCUT2D eigenvalue weighted by atomic mass is 16.5. The first-order valence-corrected chi connectivity index (χ1v) is 9.21. The van der Waals surface area contributed by atoms with Crippen molar-refractivity contribution in [2.45, 2.75) is 12.6 Å². The van der Waals surface area contributed by atoms with Crippen LogP contribution < -0.4 is 15.4 Å². The molecule has 0 saturated carbocycles. The summed E-state index contributed by atoms with van der Waals surface area (Å²) in [6.07, 6.45) is 1.60. The normalized spacial score (nSPS) is 15.6. The van der Waals surface area contributed by atoms with Crippen molar-refractivity contribution in [3.63, 3.8) is 0 Å². The number of carbonyl (C=O) groups is 2. The van der Waals surface area contributed by atoms with Crippen LogP contribution in [0, 0.1) is 0 Å². The maximum atomic E-state index is 12.2. The van der Waals surface area contributed by atoms with Gasteiger partial charge in [0.15, 0.2) is 0 Å². The molecule has 1 atom stereocenters. The standard InChI is InChI=1S/C20H25N3O5/c1-26-16-6-4-15(5-7-16)13-21-19(24)20(25)22-14-17(18-3-2-10-28-18)23-8-11-27-12-9-23/h2-7,10,17H,8-9,11-14H2,1H3,(H,21,24)(H,22,25)/t17-/m1/s1. The summed E-state index contributed by atoms with van der Waals surface area (Å²) in [7, 11) is 1.59. The first-order valence-electron chi connectivity index (χ1n) is 9.21. The Morgan fingerprint density at radius 3 is 2.46 bits per heavy atom. The van der Waals surface area contributed by atoms with Crippen molar-refractivity contribution >= 4 is 11.8 Å². The van der Waals surface area contributed by atoms with E-state index in [9.17, 15) is 9.59 Å². The molecule has 2 aromatic rings. The third-order valence-corrected chi connectivity index (χ3v) is 4.63. The molecule has 8 heteroatoms. The Labute approximate surface area is 163 Å². The lowest BCUT2D eigenvalue weighted by Gasteiger charge is -2.33. The minimum absolute atomic E-state index is 0.141. The molecule has 2 N–H and O–H groups in total. The van der Waals surface area contributed by atoms with Gasteiger partial charge in [0, 0.05) is 26.2 Å². The number of hydrogen-bond acceptors (Lipinski definition) is 6. The predicted molar refractivity (Wildman–Crippen MR) is 102 cm³/mol. The highest BCUT2D eigenvalue weighted by molar-refractivity contribution is 6.35. The Bertz CT molecular complexity index is 755. The number of hydrogen-bond donors (Lipinski definition) is 2. The number of furan rings is 1. The molecule has 3 rings (SSSR count). The fourth-order valence-corrected chi connectivity index (χ4v) is 3.06. The SMILES string of the molecule is COc1ccc(CNC(=O)C(=O)NC[C@H](c2ccco2)N2CCOCC2)cc1. The van der Waals surface area contributed by atoms with Gasteiger partial charge in [-0.2, -0.15) is 0 Å². The summed E-state index contributed by atoms with van der Waals surface area (Å²) in [5, 5.41) is 5.33. The minimum Gasteiger partial charge on any atom is -0.497 e. The fourth-order valence-electron chi connectivity index (χ4n) is 3.06. The molecule has 0 spiro atoms. The molecular formula is C20H25N3O5. The van der Waals surface area contributed by atoms with E-state index in [0.717, 1.165) is 30.2 Å². The second-order valence-electron chi connectivity index (χ2n) is 6.42. The van der Waals surface area contributed by atoms with Gasteiger partial charge in [0.2, 0.25) is 0 Å². The van der Waals surface area contributed by atoms with E-state index in [2.05, 4.69) is 15.5 Å². The number of ether oxygens (including phenoxy) is 2. The molecule has 0 unspecified atom stereocenters. The molecule has 0 radical (unpaired) electrons. The number of methoxy groups -OCH3 is 1. The van der Waals surface area contributed by atoms with Crippen LogP contribution in [0.2, 0.25) is 0 Å². The number of morpholine rings is 1. The van der Waals surface area contributed by atoms with Crippen LogP contribution in [0.4, 0.5) is 0 Å². The molecule has 1 fully saturated rings. The molecule has 0 bridgehead atoms. The zero-order valence-electron chi connectivity index (χ0n) is 15.8. The molecule has 8 nitrogen and oxygen atoms in total. The number of carbonyl (C=O) groups excluding carboxylic acids is 2. The van der Waals surface area contributed by atoms with Gasteiger partial charge in [0.25, 0.3) is 0 Å². The van der Waals surface area contributed by atoms with Crippen LogP contribution in [-0.2, 0) is 20.9 Å². The van der Waals surface area contributed by atoms with E-state index in [0.29, 0.717) is 13.2 Å². The zero-order valence-corrected chi connectivity index (χ0v) is 15.8. The monoisotopic (exact) mass is 387 g/mol. The maximum Gasteiger partial charge on any atom is 0.309 e. The van der Waals surface area contributed by atoms with Crippen molar-refractivity contribution < 1.29 is 23.5 Å². The molecule has 1 aliphatic rings. The van der Waals surface area contributed by atoms with Crippen molar-refractivity contribution in [2.75, 3.05) is 40.0 Å². The largest absolute Gasteiger partial charge is 0.497 e. The number of nitrogens with zero attached hydrogens (tertiary/aromatic N) is 1. The Hall–Kier alpha value is -2.84. The smallest absolute Gasteiger partial charge is 0.309 e. The second-order valence-corrected chi connectivity index (χ2v) is 6.42. The Morgan fingerprint density at radius 2 is 1.82 bits per heavy atom. The highest BCUT2D eigenvalue weighted by Gasteiger charge is 2.26. The van der Waals surface area contributed by atoms with Gasteiger partial charge < -0.3 is 24.5 Å². The Morgan fingerprint density at radius 1 is 1.11 bits per heavy atom. The molecule has 2 amide bonds. The lowest BCUT2D eigenvalue weighted by Crippen LogP contribution is -2.46. The number of benzene rings is 1. The van der Waals surface area contributed by atoms with Crippen LogP contribution in [0.3, 0.4) is 0 Å². The van der Waals surface area contributed by atoms with E-state index in [1.165, 1.54) is 0 Å². The third-order valence-electron chi connectivity index (χ3n) is 4.63. The highest BCUT2D eigenvalue weighted by Crippen LogP contribution is 2.21. The molecule has 1 saturated heterocycles. The van der Waals surface area contributed by atoms with E-state index in [-0.39, 0.29) is 19.1 Å². The van der Waals surface area contributed by atoms with Crippen LogP contribution in [0.25, 0.3) is 0 Å². The zero-order chi connectivity index (χ0) is 19.8. The summed E-state index contributed by atoms with van der Waals surface area (Å²) in [6.45, 7) is 3.29. The van der Waals surface area contributed by atoms with Crippen LogP contribution in [-0.4, -0.2) is 56.7 Å². The van der Waals surface area contributed by atoms with E-state index in [1.807, 2.05) is 24.3 Å². The molecule has 0 aliphatic carbocycles. The van der Waals surface area contributed by atoms with Gasteiger partial charge in [-0.05, 0) is 29.8 Å². The van der Waals surface area contributed by atoms with E-state index in [1.54, 1.807) is 25.5 Å². The lowest BCUT2D eigenvalue weighted by atomic mass is 10.1. The van der Waals surface area contributed by atoms with E-state index in [4.69, 9.17) is 13.9 Å². The summed E-state index contributed by atoms with van der Waals surface area (Å²) >= 11 is 0. The molecular weight excluding hydrogens is 362 g/mol. The van der Waals surface area contributed by atoms with Crippen molar-refractivity contribution in [1.29, 1.82) is 0 Å². The van der Waals surface area contributed by atoms with Gasteiger partial charge in [-0.25, -0.2) is 0 Å². The average Bonchev–Trinajstić information content (AvgIpc) is 3.27. The first-order chi connectivity index (χ1) is 13.7. The average molecular weight is 387 g/mol. The maximum absolute atomic E-state index is 12.2. The van der Waals surface area contributed by atoms with Gasteiger partial charge in [-0.15, -0.1) is 0 Å². The number of amides is 2.